The second kappa shape index (κ2) is 5.83. The highest BCUT2D eigenvalue weighted by Gasteiger charge is 2.04. The number of aryl methyl sites for hydroxylation is 2. The van der Waals surface area contributed by atoms with Crippen LogP contribution in [0.1, 0.15) is 29.3 Å². The lowest BCUT2D eigenvalue weighted by Crippen LogP contribution is -2.11. The number of hydrogen-bond donors (Lipinski definition) is 1. The normalized spacial score (nSPS) is 10.8. The number of rotatable bonds is 5. The van der Waals surface area contributed by atoms with Gasteiger partial charge in [-0.15, -0.1) is 0 Å². The van der Waals surface area contributed by atoms with E-state index in [0.717, 1.165) is 25.3 Å². The fourth-order valence-corrected chi connectivity index (χ4v) is 2.12. The smallest absolute Gasteiger partial charge is 0.0953 e. The molecule has 3 nitrogen and oxygen atoms in total. The molecule has 1 aromatic carbocycles. The molecular formula is C15H21N3. The number of aromatic nitrogens is 2. The molecule has 0 radical (unpaired) electrons. The maximum atomic E-state index is 4.41. The van der Waals surface area contributed by atoms with Crippen molar-refractivity contribution in [2.75, 3.05) is 6.54 Å². The molecule has 0 fully saturated rings. The maximum absolute atomic E-state index is 4.41. The third-order valence-corrected chi connectivity index (χ3v) is 3.23. The number of imidazole rings is 1. The molecule has 0 atom stereocenters. The topological polar surface area (TPSA) is 29.9 Å². The molecule has 0 bridgehead atoms. The van der Waals surface area contributed by atoms with Crippen molar-refractivity contribution in [3.8, 4) is 0 Å². The molecule has 0 aliphatic carbocycles. The van der Waals surface area contributed by atoms with Crippen molar-refractivity contribution in [2.45, 2.75) is 33.9 Å². The maximum Gasteiger partial charge on any atom is 0.0953 e. The van der Waals surface area contributed by atoms with Gasteiger partial charge >= 0.3 is 0 Å². The van der Waals surface area contributed by atoms with E-state index in [0.29, 0.717) is 0 Å². The molecule has 0 spiro atoms. The van der Waals surface area contributed by atoms with Crippen molar-refractivity contribution in [1.29, 1.82) is 0 Å². The summed E-state index contributed by atoms with van der Waals surface area (Å²) in [5, 5.41) is 3.29. The van der Waals surface area contributed by atoms with E-state index in [1.165, 1.54) is 16.7 Å². The summed E-state index contributed by atoms with van der Waals surface area (Å²) in [6.07, 6.45) is 4.03. The molecular weight excluding hydrogens is 222 g/mol. The van der Waals surface area contributed by atoms with Gasteiger partial charge in [0.2, 0.25) is 0 Å². The molecule has 2 aromatic rings. The fourth-order valence-electron chi connectivity index (χ4n) is 2.12. The number of nitrogens with one attached hydrogen (secondary N) is 1. The van der Waals surface area contributed by atoms with Crippen molar-refractivity contribution in [3.05, 3.63) is 53.1 Å². The van der Waals surface area contributed by atoms with Crippen LogP contribution in [0, 0.1) is 13.8 Å². The Balaban J connectivity index is 2.11. The van der Waals surface area contributed by atoms with Crippen molar-refractivity contribution in [1.82, 2.24) is 14.9 Å². The Morgan fingerprint density at radius 2 is 1.94 bits per heavy atom. The lowest BCUT2D eigenvalue weighted by molar-refractivity contribution is 0.711. The summed E-state index contributed by atoms with van der Waals surface area (Å²) >= 11 is 0. The van der Waals surface area contributed by atoms with E-state index in [2.05, 4.69) is 60.0 Å². The quantitative estimate of drug-likeness (QED) is 0.875. The first kappa shape index (κ1) is 12.8. The average Bonchev–Trinajstić information content (AvgIpc) is 2.79. The van der Waals surface area contributed by atoms with Crippen LogP contribution >= 0.6 is 0 Å². The molecule has 1 N–H and O–H groups in total. The van der Waals surface area contributed by atoms with Gasteiger partial charge in [0.1, 0.15) is 0 Å². The van der Waals surface area contributed by atoms with Crippen LogP contribution in [-0.2, 0) is 13.1 Å². The molecule has 0 aliphatic heterocycles. The van der Waals surface area contributed by atoms with E-state index in [-0.39, 0.29) is 0 Å². The average molecular weight is 243 g/mol. The standard InChI is InChI=1S/C15H21N3/c1-4-16-8-14-9-18(11-17-14)10-15-12(2)6-5-7-13(15)3/h5-7,9,11,16H,4,8,10H2,1-3H3. The van der Waals surface area contributed by atoms with Crippen LogP contribution in [-0.4, -0.2) is 16.1 Å². The van der Waals surface area contributed by atoms with Crippen molar-refractivity contribution < 1.29 is 0 Å². The first-order valence-electron chi connectivity index (χ1n) is 6.47. The second-order valence-electron chi connectivity index (χ2n) is 4.69. The van der Waals surface area contributed by atoms with E-state index >= 15 is 0 Å². The van der Waals surface area contributed by atoms with E-state index in [9.17, 15) is 0 Å². The SMILES string of the molecule is CCNCc1cn(Cc2c(C)cccc2C)cn1. The minimum atomic E-state index is 0.844. The van der Waals surface area contributed by atoms with E-state index in [1.807, 2.05) is 6.33 Å². The summed E-state index contributed by atoms with van der Waals surface area (Å²) < 4.78 is 2.15. The van der Waals surface area contributed by atoms with Gasteiger partial charge in [0.25, 0.3) is 0 Å². The predicted molar refractivity (Wildman–Crippen MR) is 74.6 cm³/mol. The fraction of sp³-hybridized carbons (Fsp3) is 0.400. The zero-order valence-electron chi connectivity index (χ0n) is 11.4. The monoisotopic (exact) mass is 243 g/mol. The van der Waals surface area contributed by atoms with Gasteiger partial charge in [0.15, 0.2) is 0 Å². The van der Waals surface area contributed by atoms with E-state index < -0.39 is 0 Å². The Morgan fingerprint density at radius 1 is 1.22 bits per heavy atom. The lowest BCUT2D eigenvalue weighted by atomic mass is 10.0. The van der Waals surface area contributed by atoms with Gasteiger partial charge in [-0.05, 0) is 37.1 Å². The molecule has 0 unspecified atom stereocenters. The van der Waals surface area contributed by atoms with Crippen LogP contribution in [0.4, 0.5) is 0 Å². The van der Waals surface area contributed by atoms with Crippen LogP contribution in [0.5, 0.6) is 0 Å². The van der Waals surface area contributed by atoms with Crippen LogP contribution in [0.3, 0.4) is 0 Å². The van der Waals surface area contributed by atoms with Crippen LogP contribution in [0.15, 0.2) is 30.7 Å². The molecule has 96 valence electrons. The Labute approximate surface area is 109 Å². The molecule has 0 saturated carbocycles. The van der Waals surface area contributed by atoms with Crippen molar-refractivity contribution >= 4 is 0 Å². The molecule has 1 heterocycles. The van der Waals surface area contributed by atoms with Crippen LogP contribution in [0.2, 0.25) is 0 Å². The molecule has 0 aliphatic rings. The second-order valence-corrected chi connectivity index (χ2v) is 4.69. The summed E-state index contributed by atoms with van der Waals surface area (Å²) in [6.45, 7) is 9.16. The molecule has 18 heavy (non-hydrogen) atoms. The summed E-state index contributed by atoms with van der Waals surface area (Å²) in [5.41, 5.74) is 5.18. The molecule has 3 heteroatoms. The van der Waals surface area contributed by atoms with Gasteiger partial charge in [0, 0.05) is 19.3 Å². The zero-order chi connectivity index (χ0) is 13.0. The Hall–Kier alpha value is -1.61. The first-order chi connectivity index (χ1) is 8.70. The zero-order valence-corrected chi connectivity index (χ0v) is 11.4. The first-order valence-corrected chi connectivity index (χ1v) is 6.47. The summed E-state index contributed by atoms with van der Waals surface area (Å²) in [4.78, 5) is 4.41. The number of hydrogen-bond acceptors (Lipinski definition) is 2. The number of benzene rings is 1. The van der Waals surface area contributed by atoms with Gasteiger partial charge in [0.05, 0.1) is 12.0 Å². The minimum Gasteiger partial charge on any atom is -0.333 e. The third kappa shape index (κ3) is 2.99. The Bertz CT molecular complexity index is 494. The molecule has 1 aromatic heterocycles. The largest absolute Gasteiger partial charge is 0.333 e. The molecule has 0 amide bonds. The van der Waals surface area contributed by atoms with Gasteiger partial charge < -0.3 is 9.88 Å². The van der Waals surface area contributed by atoms with Crippen molar-refractivity contribution in [3.63, 3.8) is 0 Å². The third-order valence-electron chi connectivity index (χ3n) is 3.23. The number of nitrogens with zero attached hydrogens (tertiary/aromatic N) is 2. The molecule has 2 rings (SSSR count). The highest BCUT2D eigenvalue weighted by Crippen LogP contribution is 2.14. The Kier molecular flexibility index (Phi) is 4.15. The summed E-state index contributed by atoms with van der Waals surface area (Å²) in [5.74, 6) is 0. The predicted octanol–water partition coefficient (Wildman–Crippen LogP) is 2.66. The van der Waals surface area contributed by atoms with Gasteiger partial charge in [-0.2, -0.15) is 0 Å². The highest BCUT2D eigenvalue weighted by molar-refractivity contribution is 5.33. The Morgan fingerprint density at radius 3 is 2.61 bits per heavy atom. The van der Waals surface area contributed by atoms with Gasteiger partial charge in [-0.3, -0.25) is 0 Å². The van der Waals surface area contributed by atoms with Gasteiger partial charge in [-0.25, -0.2) is 4.98 Å². The van der Waals surface area contributed by atoms with E-state index in [4.69, 9.17) is 0 Å². The minimum absolute atomic E-state index is 0.844. The molecule has 0 saturated heterocycles. The highest BCUT2D eigenvalue weighted by atomic mass is 15.0. The van der Waals surface area contributed by atoms with Gasteiger partial charge in [-0.1, -0.05) is 25.1 Å². The summed E-state index contributed by atoms with van der Waals surface area (Å²) in [7, 11) is 0. The summed E-state index contributed by atoms with van der Waals surface area (Å²) in [6, 6.07) is 6.44. The lowest BCUT2D eigenvalue weighted by Gasteiger charge is -2.09. The van der Waals surface area contributed by atoms with E-state index in [1.54, 1.807) is 0 Å². The van der Waals surface area contributed by atoms with Crippen LogP contribution < -0.4 is 5.32 Å². The van der Waals surface area contributed by atoms with Crippen molar-refractivity contribution in [2.24, 2.45) is 0 Å². The van der Waals surface area contributed by atoms with Crippen LogP contribution in [0.25, 0.3) is 0 Å².